The molecule has 2 rings (SSSR count). The molecule has 0 atom stereocenters. The van der Waals surface area contributed by atoms with Crippen molar-refractivity contribution in [1.29, 1.82) is 0 Å². The van der Waals surface area contributed by atoms with Gasteiger partial charge in [-0.2, -0.15) is 0 Å². The smallest absolute Gasteiger partial charge is 0.231 e. The van der Waals surface area contributed by atoms with Gasteiger partial charge in [-0.25, -0.2) is 0 Å². The second-order valence-corrected chi connectivity index (χ2v) is 2.84. The number of ketones is 1. The first-order valence-corrected chi connectivity index (χ1v) is 4.24. The Balaban J connectivity index is 2.36. The van der Waals surface area contributed by atoms with Crippen LogP contribution in [0.15, 0.2) is 18.2 Å². The van der Waals surface area contributed by atoms with Gasteiger partial charge in [0, 0.05) is 12.0 Å². The molecular formula is C10H10O3. The molecule has 1 aromatic rings. The van der Waals surface area contributed by atoms with Crippen LogP contribution in [0.4, 0.5) is 0 Å². The topological polar surface area (TPSA) is 35.5 Å². The van der Waals surface area contributed by atoms with Crippen LogP contribution in [0.3, 0.4) is 0 Å². The van der Waals surface area contributed by atoms with E-state index in [9.17, 15) is 4.79 Å². The number of Topliss-reactive ketones (excluding diaryl/α,β-unsaturated/α-hetero) is 1. The van der Waals surface area contributed by atoms with E-state index >= 15 is 0 Å². The standard InChI is InChI=1S/C10H10O3/c1-2-8(11)7-3-4-9-10(5-7)13-6-12-9/h3-5H,2,6H2,1H3. The number of benzene rings is 1. The molecular weight excluding hydrogens is 168 g/mol. The maximum Gasteiger partial charge on any atom is 0.231 e. The zero-order chi connectivity index (χ0) is 9.26. The molecule has 68 valence electrons. The summed E-state index contributed by atoms with van der Waals surface area (Å²) in [5.74, 6) is 1.50. The molecule has 3 heteroatoms. The summed E-state index contributed by atoms with van der Waals surface area (Å²) < 4.78 is 10.3. The molecule has 1 aliphatic rings. The molecule has 0 saturated carbocycles. The van der Waals surface area contributed by atoms with Gasteiger partial charge in [-0.05, 0) is 18.2 Å². The maximum absolute atomic E-state index is 11.3. The normalized spacial score (nSPS) is 13.0. The van der Waals surface area contributed by atoms with Crippen LogP contribution in [-0.4, -0.2) is 12.6 Å². The van der Waals surface area contributed by atoms with Crippen molar-refractivity contribution in [3.05, 3.63) is 23.8 Å². The van der Waals surface area contributed by atoms with Crippen LogP contribution in [0.2, 0.25) is 0 Å². The highest BCUT2D eigenvalue weighted by molar-refractivity contribution is 5.96. The zero-order valence-electron chi connectivity index (χ0n) is 7.37. The number of fused-ring (bicyclic) bond motifs is 1. The summed E-state index contributed by atoms with van der Waals surface area (Å²) >= 11 is 0. The fourth-order valence-corrected chi connectivity index (χ4v) is 1.27. The highest BCUT2D eigenvalue weighted by atomic mass is 16.7. The van der Waals surface area contributed by atoms with E-state index in [0.717, 1.165) is 0 Å². The number of carbonyl (C=O) groups is 1. The molecule has 0 spiro atoms. The first-order chi connectivity index (χ1) is 6.31. The SMILES string of the molecule is CCC(=O)c1ccc2c(c1)OCO2. The summed E-state index contributed by atoms with van der Waals surface area (Å²) in [6.45, 7) is 2.09. The highest BCUT2D eigenvalue weighted by Crippen LogP contribution is 2.32. The third kappa shape index (κ3) is 1.37. The first-order valence-electron chi connectivity index (χ1n) is 4.24. The van der Waals surface area contributed by atoms with E-state index in [1.54, 1.807) is 18.2 Å². The summed E-state index contributed by atoms with van der Waals surface area (Å²) in [7, 11) is 0. The lowest BCUT2D eigenvalue weighted by Gasteiger charge is -1.99. The summed E-state index contributed by atoms with van der Waals surface area (Å²) in [6, 6.07) is 5.26. The summed E-state index contributed by atoms with van der Waals surface area (Å²) in [6.07, 6.45) is 0.514. The molecule has 0 bridgehead atoms. The summed E-state index contributed by atoms with van der Waals surface area (Å²) in [5, 5.41) is 0. The molecule has 0 aliphatic carbocycles. The van der Waals surface area contributed by atoms with Gasteiger partial charge in [0.05, 0.1) is 0 Å². The predicted molar refractivity (Wildman–Crippen MR) is 47.2 cm³/mol. The third-order valence-electron chi connectivity index (χ3n) is 2.02. The third-order valence-corrected chi connectivity index (χ3v) is 2.02. The van der Waals surface area contributed by atoms with Gasteiger partial charge >= 0.3 is 0 Å². The van der Waals surface area contributed by atoms with Gasteiger partial charge in [-0.15, -0.1) is 0 Å². The average molecular weight is 178 g/mol. The second-order valence-electron chi connectivity index (χ2n) is 2.84. The Labute approximate surface area is 76.3 Å². The van der Waals surface area contributed by atoms with Crippen molar-refractivity contribution in [2.75, 3.05) is 6.79 Å². The van der Waals surface area contributed by atoms with Gasteiger partial charge in [0.15, 0.2) is 17.3 Å². The summed E-state index contributed by atoms with van der Waals surface area (Å²) in [4.78, 5) is 11.3. The Morgan fingerprint density at radius 2 is 2.15 bits per heavy atom. The molecule has 0 aromatic heterocycles. The van der Waals surface area contributed by atoms with Crippen molar-refractivity contribution < 1.29 is 14.3 Å². The van der Waals surface area contributed by atoms with Crippen LogP contribution >= 0.6 is 0 Å². The molecule has 1 aromatic carbocycles. The van der Waals surface area contributed by atoms with Crippen LogP contribution in [0.1, 0.15) is 23.7 Å². The maximum atomic E-state index is 11.3. The van der Waals surface area contributed by atoms with E-state index in [-0.39, 0.29) is 12.6 Å². The molecule has 0 saturated heterocycles. The number of rotatable bonds is 2. The number of carbonyl (C=O) groups excluding carboxylic acids is 1. The van der Waals surface area contributed by atoms with Gasteiger partial charge < -0.3 is 9.47 Å². The van der Waals surface area contributed by atoms with Crippen molar-refractivity contribution in [3.8, 4) is 11.5 Å². The predicted octanol–water partition coefficient (Wildman–Crippen LogP) is 2.01. The van der Waals surface area contributed by atoms with Crippen molar-refractivity contribution in [2.45, 2.75) is 13.3 Å². The molecule has 0 unspecified atom stereocenters. The van der Waals surface area contributed by atoms with Gasteiger partial charge in [0.1, 0.15) is 0 Å². The molecule has 0 N–H and O–H groups in total. The lowest BCUT2D eigenvalue weighted by atomic mass is 10.1. The quantitative estimate of drug-likeness (QED) is 0.650. The lowest BCUT2D eigenvalue weighted by Crippen LogP contribution is -1.95. The van der Waals surface area contributed by atoms with E-state index in [2.05, 4.69) is 0 Å². The molecule has 0 fully saturated rings. The highest BCUT2D eigenvalue weighted by Gasteiger charge is 2.14. The minimum Gasteiger partial charge on any atom is -0.454 e. The first kappa shape index (κ1) is 8.10. The largest absolute Gasteiger partial charge is 0.454 e. The fourth-order valence-electron chi connectivity index (χ4n) is 1.27. The van der Waals surface area contributed by atoms with Gasteiger partial charge in [0.25, 0.3) is 0 Å². The molecule has 3 nitrogen and oxygen atoms in total. The number of hydrogen-bond donors (Lipinski definition) is 0. The van der Waals surface area contributed by atoms with Crippen molar-refractivity contribution >= 4 is 5.78 Å². The molecule has 0 amide bonds. The van der Waals surface area contributed by atoms with Crippen molar-refractivity contribution in [2.24, 2.45) is 0 Å². The minimum atomic E-state index is 0.123. The van der Waals surface area contributed by atoms with Crippen LogP contribution in [0, 0.1) is 0 Å². The van der Waals surface area contributed by atoms with Gasteiger partial charge in [0.2, 0.25) is 6.79 Å². The van der Waals surface area contributed by atoms with Gasteiger partial charge in [-0.1, -0.05) is 6.92 Å². The molecule has 0 radical (unpaired) electrons. The Morgan fingerprint density at radius 3 is 2.92 bits per heavy atom. The minimum absolute atomic E-state index is 0.123. The zero-order valence-corrected chi connectivity index (χ0v) is 7.37. The van der Waals surface area contributed by atoms with Crippen molar-refractivity contribution in [1.82, 2.24) is 0 Å². The number of ether oxygens (including phenoxy) is 2. The van der Waals surface area contributed by atoms with E-state index in [0.29, 0.717) is 23.5 Å². The Hall–Kier alpha value is -1.51. The van der Waals surface area contributed by atoms with E-state index in [4.69, 9.17) is 9.47 Å². The van der Waals surface area contributed by atoms with Crippen LogP contribution in [0.25, 0.3) is 0 Å². The lowest BCUT2D eigenvalue weighted by molar-refractivity contribution is 0.0987. The number of hydrogen-bond acceptors (Lipinski definition) is 3. The van der Waals surface area contributed by atoms with E-state index < -0.39 is 0 Å². The Bertz CT molecular complexity index is 344. The van der Waals surface area contributed by atoms with E-state index in [1.807, 2.05) is 6.92 Å². The van der Waals surface area contributed by atoms with Crippen LogP contribution in [0.5, 0.6) is 11.5 Å². The van der Waals surface area contributed by atoms with E-state index in [1.165, 1.54) is 0 Å². The molecule has 13 heavy (non-hydrogen) atoms. The Kier molecular flexibility index (Phi) is 1.93. The monoisotopic (exact) mass is 178 g/mol. The van der Waals surface area contributed by atoms with Crippen LogP contribution < -0.4 is 9.47 Å². The molecule has 1 aliphatic heterocycles. The van der Waals surface area contributed by atoms with Gasteiger partial charge in [-0.3, -0.25) is 4.79 Å². The van der Waals surface area contributed by atoms with Crippen molar-refractivity contribution in [3.63, 3.8) is 0 Å². The van der Waals surface area contributed by atoms with Crippen LogP contribution in [-0.2, 0) is 0 Å². The second kappa shape index (κ2) is 3.09. The summed E-state index contributed by atoms with van der Waals surface area (Å²) in [5.41, 5.74) is 0.687. The Morgan fingerprint density at radius 1 is 1.38 bits per heavy atom. The molecule has 1 heterocycles. The average Bonchev–Trinajstić information content (AvgIpc) is 2.63. The fraction of sp³-hybridized carbons (Fsp3) is 0.300.